The van der Waals surface area contributed by atoms with Gasteiger partial charge >= 0.3 is 5.97 Å². The fourth-order valence-corrected chi connectivity index (χ4v) is 1.45. The SMILES string of the molecule is CCCC(=O)CC(C(=O)OC)C(=O)C(C)C. The summed E-state index contributed by atoms with van der Waals surface area (Å²) in [7, 11) is 1.23. The number of ether oxygens (including phenoxy) is 1. The molecular formula is C12H20O4. The second-order valence-corrected chi connectivity index (χ2v) is 4.13. The zero-order valence-corrected chi connectivity index (χ0v) is 10.4. The summed E-state index contributed by atoms with van der Waals surface area (Å²) in [5.41, 5.74) is 0. The fourth-order valence-electron chi connectivity index (χ4n) is 1.45. The van der Waals surface area contributed by atoms with E-state index in [1.165, 1.54) is 7.11 Å². The molecule has 0 spiro atoms. The predicted octanol–water partition coefficient (Wildman–Crippen LogP) is 1.76. The summed E-state index contributed by atoms with van der Waals surface area (Å²) in [5, 5.41) is 0. The molecule has 0 aliphatic carbocycles. The van der Waals surface area contributed by atoms with Crippen LogP contribution in [-0.4, -0.2) is 24.6 Å². The van der Waals surface area contributed by atoms with Gasteiger partial charge in [0.25, 0.3) is 0 Å². The molecule has 1 atom stereocenters. The summed E-state index contributed by atoms with van der Waals surface area (Å²) in [4.78, 5) is 34.6. The van der Waals surface area contributed by atoms with Crippen molar-refractivity contribution >= 4 is 17.5 Å². The molecule has 0 saturated heterocycles. The fraction of sp³-hybridized carbons (Fsp3) is 0.750. The van der Waals surface area contributed by atoms with Crippen LogP contribution in [0, 0.1) is 11.8 Å². The van der Waals surface area contributed by atoms with Crippen molar-refractivity contribution in [2.75, 3.05) is 7.11 Å². The molecule has 0 aliphatic heterocycles. The summed E-state index contributed by atoms with van der Waals surface area (Å²) >= 11 is 0. The first-order valence-corrected chi connectivity index (χ1v) is 5.57. The minimum Gasteiger partial charge on any atom is -0.468 e. The van der Waals surface area contributed by atoms with Crippen molar-refractivity contribution in [1.29, 1.82) is 0 Å². The third-order valence-electron chi connectivity index (χ3n) is 2.36. The molecule has 0 heterocycles. The van der Waals surface area contributed by atoms with E-state index in [0.29, 0.717) is 6.42 Å². The molecule has 0 fully saturated rings. The third-order valence-corrected chi connectivity index (χ3v) is 2.36. The van der Waals surface area contributed by atoms with E-state index in [1.807, 2.05) is 6.92 Å². The highest BCUT2D eigenvalue weighted by Crippen LogP contribution is 2.15. The smallest absolute Gasteiger partial charge is 0.316 e. The molecule has 0 bridgehead atoms. The normalized spacial score (nSPS) is 12.3. The van der Waals surface area contributed by atoms with E-state index in [2.05, 4.69) is 4.74 Å². The lowest BCUT2D eigenvalue weighted by atomic mass is 9.90. The van der Waals surface area contributed by atoms with E-state index < -0.39 is 11.9 Å². The van der Waals surface area contributed by atoms with Crippen molar-refractivity contribution in [3.8, 4) is 0 Å². The van der Waals surface area contributed by atoms with E-state index >= 15 is 0 Å². The van der Waals surface area contributed by atoms with Crippen LogP contribution in [0.15, 0.2) is 0 Å². The molecule has 0 rings (SSSR count). The van der Waals surface area contributed by atoms with E-state index in [1.54, 1.807) is 13.8 Å². The molecule has 16 heavy (non-hydrogen) atoms. The summed E-state index contributed by atoms with van der Waals surface area (Å²) in [5.74, 6) is -2.09. The Hall–Kier alpha value is -1.19. The molecule has 0 N–H and O–H groups in total. The minimum atomic E-state index is -0.927. The van der Waals surface area contributed by atoms with Gasteiger partial charge < -0.3 is 4.74 Å². The maximum atomic E-state index is 11.7. The van der Waals surface area contributed by atoms with Crippen LogP contribution in [-0.2, 0) is 19.1 Å². The number of ketones is 2. The predicted molar refractivity (Wildman–Crippen MR) is 59.9 cm³/mol. The number of methoxy groups -OCH3 is 1. The molecule has 4 nitrogen and oxygen atoms in total. The standard InChI is InChI=1S/C12H20O4/c1-5-6-9(13)7-10(12(15)16-4)11(14)8(2)3/h8,10H,5-7H2,1-4H3. The van der Waals surface area contributed by atoms with Gasteiger partial charge in [0.15, 0.2) is 0 Å². The maximum absolute atomic E-state index is 11.7. The lowest BCUT2D eigenvalue weighted by molar-refractivity contribution is -0.152. The van der Waals surface area contributed by atoms with Crippen LogP contribution in [0.3, 0.4) is 0 Å². The van der Waals surface area contributed by atoms with Gasteiger partial charge in [0, 0.05) is 18.8 Å². The van der Waals surface area contributed by atoms with Gasteiger partial charge in [0.05, 0.1) is 7.11 Å². The van der Waals surface area contributed by atoms with Crippen LogP contribution < -0.4 is 0 Å². The van der Waals surface area contributed by atoms with Crippen molar-refractivity contribution in [3.63, 3.8) is 0 Å². The lowest BCUT2D eigenvalue weighted by Gasteiger charge is -2.14. The Morgan fingerprint density at radius 1 is 1.19 bits per heavy atom. The van der Waals surface area contributed by atoms with Gasteiger partial charge in [-0.1, -0.05) is 20.8 Å². The van der Waals surface area contributed by atoms with Crippen molar-refractivity contribution in [2.24, 2.45) is 11.8 Å². The molecule has 0 aromatic heterocycles. The molecule has 4 heteroatoms. The molecule has 0 aromatic carbocycles. The monoisotopic (exact) mass is 228 g/mol. The van der Waals surface area contributed by atoms with Gasteiger partial charge in [0.2, 0.25) is 0 Å². The van der Waals surface area contributed by atoms with Crippen molar-refractivity contribution < 1.29 is 19.1 Å². The first kappa shape index (κ1) is 14.8. The Bertz CT molecular complexity index is 268. The van der Waals surface area contributed by atoms with Gasteiger partial charge in [-0.3, -0.25) is 14.4 Å². The number of Topliss-reactive ketones (excluding diaryl/α,β-unsaturated/α-hetero) is 2. The molecule has 0 aromatic rings. The highest BCUT2D eigenvalue weighted by molar-refractivity contribution is 6.03. The summed E-state index contributed by atoms with van der Waals surface area (Å²) < 4.78 is 4.55. The van der Waals surface area contributed by atoms with Gasteiger partial charge in [-0.2, -0.15) is 0 Å². The number of carbonyl (C=O) groups excluding carboxylic acids is 3. The Balaban J connectivity index is 4.62. The number of esters is 1. The van der Waals surface area contributed by atoms with Crippen LogP contribution in [0.1, 0.15) is 40.0 Å². The largest absolute Gasteiger partial charge is 0.468 e. The lowest BCUT2D eigenvalue weighted by Crippen LogP contribution is -2.30. The van der Waals surface area contributed by atoms with E-state index in [0.717, 1.165) is 6.42 Å². The van der Waals surface area contributed by atoms with Gasteiger partial charge in [-0.05, 0) is 6.42 Å². The number of carbonyl (C=O) groups is 3. The molecule has 0 saturated carbocycles. The second kappa shape index (κ2) is 7.14. The number of hydrogen-bond acceptors (Lipinski definition) is 4. The van der Waals surface area contributed by atoms with Crippen LogP contribution in [0.4, 0.5) is 0 Å². The van der Waals surface area contributed by atoms with E-state index in [-0.39, 0.29) is 23.9 Å². The Morgan fingerprint density at radius 2 is 1.75 bits per heavy atom. The average Bonchev–Trinajstić information content (AvgIpc) is 2.24. The Kier molecular flexibility index (Phi) is 6.61. The van der Waals surface area contributed by atoms with Crippen molar-refractivity contribution in [2.45, 2.75) is 40.0 Å². The summed E-state index contributed by atoms with van der Waals surface area (Å²) in [6.07, 6.45) is 1.10. The van der Waals surface area contributed by atoms with Crippen LogP contribution in [0.5, 0.6) is 0 Å². The molecule has 0 aliphatic rings. The molecular weight excluding hydrogens is 208 g/mol. The number of rotatable bonds is 7. The third kappa shape index (κ3) is 4.55. The highest BCUT2D eigenvalue weighted by Gasteiger charge is 2.30. The molecule has 92 valence electrons. The summed E-state index contributed by atoms with van der Waals surface area (Å²) in [6, 6.07) is 0. The topological polar surface area (TPSA) is 60.4 Å². The second-order valence-electron chi connectivity index (χ2n) is 4.13. The molecule has 0 amide bonds. The first-order chi connectivity index (χ1) is 7.43. The quantitative estimate of drug-likeness (QED) is 0.492. The maximum Gasteiger partial charge on any atom is 0.316 e. The summed E-state index contributed by atoms with van der Waals surface area (Å²) in [6.45, 7) is 5.31. The Morgan fingerprint density at radius 3 is 2.12 bits per heavy atom. The minimum absolute atomic E-state index is 0.0302. The highest BCUT2D eigenvalue weighted by atomic mass is 16.5. The molecule has 0 radical (unpaired) electrons. The zero-order valence-electron chi connectivity index (χ0n) is 10.4. The Labute approximate surface area is 96.4 Å². The van der Waals surface area contributed by atoms with Gasteiger partial charge in [0.1, 0.15) is 17.5 Å². The van der Waals surface area contributed by atoms with Gasteiger partial charge in [-0.15, -0.1) is 0 Å². The van der Waals surface area contributed by atoms with Crippen LogP contribution >= 0.6 is 0 Å². The first-order valence-electron chi connectivity index (χ1n) is 5.57. The van der Waals surface area contributed by atoms with Gasteiger partial charge in [-0.25, -0.2) is 0 Å². The number of hydrogen-bond donors (Lipinski definition) is 0. The van der Waals surface area contributed by atoms with E-state index in [9.17, 15) is 14.4 Å². The van der Waals surface area contributed by atoms with Crippen molar-refractivity contribution in [3.05, 3.63) is 0 Å². The van der Waals surface area contributed by atoms with Crippen LogP contribution in [0.2, 0.25) is 0 Å². The zero-order chi connectivity index (χ0) is 12.7. The molecule has 1 unspecified atom stereocenters. The van der Waals surface area contributed by atoms with E-state index in [4.69, 9.17) is 0 Å². The van der Waals surface area contributed by atoms with Crippen molar-refractivity contribution in [1.82, 2.24) is 0 Å². The van der Waals surface area contributed by atoms with Crippen LogP contribution in [0.25, 0.3) is 0 Å². The average molecular weight is 228 g/mol.